The quantitative estimate of drug-likeness (QED) is 0.725. The molecule has 2 aromatic rings. The van der Waals surface area contributed by atoms with Crippen molar-refractivity contribution in [3.63, 3.8) is 0 Å². The third-order valence-corrected chi connectivity index (χ3v) is 3.54. The van der Waals surface area contributed by atoms with Crippen LogP contribution in [0.2, 0.25) is 0 Å². The maximum absolute atomic E-state index is 11.9. The molecule has 0 bridgehead atoms. The number of halogens is 1. The van der Waals surface area contributed by atoms with Gasteiger partial charge in [0.05, 0.1) is 6.54 Å². The number of nitrogens with one attached hydrogen (secondary N) is 3. The number of anilines is 2. The molecular formula is C17H18BrN3O2. The zero-order valence-corrected chi connectivity index (χ0v) is 14.3. The monoisotopic (exact) mass is 375 g/mol. The van der Waals surface area contributed by atoms with Crippen LogP contribution in [0.25, 0.3) is 0 Å². The van der Waals surface area contributed by atoms with Gasteiger partial charge in [0.15, 0.2) is 0 Å². The molecule has 6 heteroatoms. The molecule has 0 fully saturated rings. The van der Waals surface area contributed by atoms with Crippen molar-refractivity contribution in [3.05, 3.63) is 58.6 Å². The standard InChI is InChI=1S/C17H18BrN3O2/c1-2-19-17(23)12-6-8-14(9-7-12)21-16(22)11-20-15-5-3-4-13(18)10-15/h3-10,20H,2,11H2,1H3,(H,19,23)(H,21,22). The Morgan fingerprint density at radius 3 is 2.43 bits per heavy atom. The van der Waals surface area contributed by atoms with E-state index in [0.29, 0.717) is 17.8 Å². The lowest BCUT2D eigenvalue weighted by molar-refractivity contribution is -0.114. The highest BCUT2D eigenvalue weighted by atomic mass is 79.9. The predicted octanol–water partition coefficient (Wildman–Crippen LogP) is 3.25. The second-order valence-corrected chi connectivity index (χ2v) is 5.76. The van der Waals surface area contributed by atoms with Gasteiger partial charge < -0.3 is 16.0 Å². The van der Waals surface area contributed by atoms with Crippen LogP contribution in [-0.4, -0.2) is 24.9 Å². The van der Waals surface area contributed by atoms with E-state index in [0.717, 1.165) is 10.2 Å². The van der Waals surface area contributed by atoms with Crippen LogP contribution in [0.15, 0.2) is 53.0 Å². The summed E-state index contributed by atoms with van der Waals surface area (Å²) in [7, 11) is 0. The molecule has 2 rings (SSSR count). The molecule has 0 unspecified atom stereocenters. The first kappa shape index (κ1) is 17.0. The fraction of sp³-hybridized carbons (Fsp3) is 0.176. The predicted molar refractivity (Wildman–Crippen MR) is 95.7 cm³/mol. The Balaban J connectivity index is 1.86. The Morgan fingerprint density at radius 1 is 1.04 bits per heavy atom. The second-order valence-electron chi connectivity index (χ2n) is 4.85. The van der Waals surface area contributed by atoms with Gasteiger partial charge in [-0.15, -0.1) is 0 Å². The number of hydrogen-bond donors (Lipinski definition) is 3. The van der Waals surface area contributed by atoms with Crippen LogP contribution in [0.1, 0.15) is 17.3 Å². The van der Waals surface area contributed by atoms with E-state index in [-0.39, 0.29) is 18.4 Å². The molecule has 23 heavy (non-hydrogen) atoms. The zero-order valence-electron chi connectivity index (χ0n) is 12.7. The highest BCUT2D eigenvalue weighted by Gasteiger charge is 2.06. The average Bonchev–Trinajstić information content (AvgIpc) is 2.54. The molecule has 120 valence electrons. The number of hydrogen-bond acceptors (Lipinski definition) is 3. The summed E-state index contributed by atoms with van der Waals surface area (Å²) in [5.41, 5.74) is 2.08. The van der Waals surface area contributed by atoms with Crippen molar-refractivity contribution in [1.29, 1.82) is 0 Å². The molecule has 0 aliphatic heterocycles. The molecule has 2 amide bonds. The Bertz CT molecular complexity index is 686. The van der Waals surface area contributed by atoms with Gasteiger partial charge in [-0.05, 0) is 49.4 Å². The van der Waals surface area contributed by atoms with Gasteiger partial charge in [-0.25, -0.2) is 0 Å². The largest absolute Gasteiger partial charge is 0.376 e. The number of rotatable bonds is 6. The van der Waals surface area contributed by atoms with E-state index in [1.165, 1.54) is 0 Å². The fourth-order valence-electron chi connectivity index (χ4n) is 1.95. The molecule has 0 aliphatic carbocycles. The SMILES string of the molecule is CCNC(=O)c1ccc(NC(=O)CNc2cccc(Br)c2)cc1. The number of benzene rings is 2. The van der Waals surface area contributed by atoms with Crippen molar-refractivity contribution < 1.29 is 9.59 Å². The van der Waals surface area contributed by atoms with Gasteiger partial charge in [0.25, 0.3) is 5.91 Å². The first-order chi connectivity index (χ1) is 11.1. The summed E-state index contributed by atoms with van der Waals surface area (Å²) in [5.74, 6) is -0.280. The first-order valence-corrected chi connectivity index (χ1v) is 8.05. The summed E-state index contributed by atoms with van der Waals surface area (Å²) >= 11 is 3.38. The van der Waals surface area contributed by atoms with Gasteiger partial charge in [-0.3, -0.25) is 9.59 Å². The molecule has 3 N–H and O–H groups in total. The maximum atomic E-state index is 11.9. The highest BCUT2D eigenvalue weighted by molar-refractivity contribution is 9.10. The molecule has 0 atom stereocenters. The molecular weight excluding hydrogens is 358 g/mol. The Morgan fingerprint density at radius 2 is 1.78 bits per heavy atom. The van der Waals surface area contributed by atoms with E-state index >= 15 is 0 Å². The topological polar surface area (TPSA) is 70.2 Å². The number of amides is 2. The van der Waals surface area contributed by atoms with E-state index in [1.54, 1.807) is 24.3 Å². The Kier molecular flexibility index (Phi) is 6.17. The van der Waals surface area contributed by atoms with E-state index in [1.807, 2.05) is 31.2 Å². The minimum absolute atomic E-state index is 0.123. The van der Waals surface area contributed by atoms with Crippen LogP contribution >= 0.6 is 15.9 Å². The van der Waals surface area contributed by atoms with Gasteiger partial charge in [-0.1, -0.05) is 22.0 Å². The number of carbonyl (C=O) groups is 2. The molecule has 0 saturated carbocycles. The van der Waals surface area contributed by atoms with Crippen molar-refractivity contribution in [2.75, 3.05) is 23.7 Å². The van der Waals surface area contributed by atoms with Gasteiger partial charge in [0.2, 0.25) is 5.91 Å². The summed E-state index contributed by atoms with van der Waals surface area (Å²) in [6, 6.07) is 14.4. The minimum atomic E-state index is -0.157. The lowest BCUT2D eigenvalue weighted by Crippen LogP contribution is -2.23. The Hall–Kier alpha value is -2.34. The summed E-state index contributed by atoms with van der Waals surface area (Å²) in [5, 5.41) is 8.55. The molecule has 0 radical (unpaired) electrons. The smallest absolute Gasteiger partial charge is 0.251 e. The molecule has 2 aromatic carbocycles. The van der Waals surface area contributed by atoms with Crippen LogP contribution in [-0.2, 0) is 4.79 Å². The fourth-order valence-corrected chi connectivity index (χ4v) is 2.35. The van der Waals surface area contributed by atoms with Crippen molar-refractivity contribution in [2.24, 2.45) is 0 Å². The molecule has 0 spiro atoms. The van der Waals surface area contributed by atoms with E-state index in [2.05, 4.69) is 31.9 Å². The summed E-state index contributed by atoms with van der Waals surface area (Å²) in [6.45, 7) is 2.61. The van der Waals surface area contributed by atoms with Crippen molar-refractivity contribution >= 4 is 39.1 Å². The molecule has 0 heterocycles. The molecule has 0 aliphatic rings. The molecule has 0 saturated heterocycles. The van der Waals surface area contributed by atoms with Crippen LogP contribution in [0.5, 0.6) is 0 Å². The normalized spacial score (nSPS) is 10.0. The lowest BCUT2D eigenvalue weighted by Gasteiger charge is -2.09. The van der Waals surface area contributed by atoms with Gasteiger partial charge >= 0.3 is 0 Å². The third-order valence-electron chi connectivity index (χ3n) is 3.05. The van der Waals surface area contributed by atoms with Gasteiger partial charge in [0.1, 0.15) is 0 Å². The minimum Gasteiger partial charge on any atom is -0.376 e. The molecule has 0 aromatic heterocycles. The van der Waals surface area contributed by atoms with E-state index in [9.17, 15) is 9.59 Å². The van der Waals surface area contributed by atoms with Crippen molar-refractivity contribution in [2.45, 2.75) is 6.92 Å². The van der Waals surface area contributed by atoms with Gasteiger partial charge in [0, 0.05) is 28.0 Å². The van der Waals surface area contributed by atoms with E-state index < -0.39 is 0 Å². The number of carbonyl (C=O) groups excluding carboxylic acids is 2. The van der Waals surface area contributed by atoms with E-state index in [4.69, 9.17) is 0 Å². The molecule has 5 nitrogen and oxygen atoms in total. The summed E-state index contributed by atoms with van der Waals surface area (Å²) in [4.78, 5) is 23.6. The first-order valence-electron chi connectivity index (χ1n) is 7.26. The van der Waals surface area contributed by atoms with Crippen LogP contribution < -0.4 is 16.0 Å². The van der Waals surface area contributed by atoms with Crippen LogP contribution in [0.4, 0.5) is 11.4 Å². The average molecular weight is 376 g/mol. The van der Waals surface area contributed by atoms with Crippen LogP contribution in [0.3, 0.4) is 0 Å². The zero-order chi connectivity index (χ0) is 16.7. The maximum Gasteiger partial charge on any atom is 0.251 e. The summed E-state index contributed by atoms with van der Waals surface area (Å²) < 4.78 is 0.948. The van der Waals surface area contributed by atoms with Crippen molar-refractivity contribution in [1.82, 2.24) is 5.32 Å². The highest BCUT2D eigenvalue weighted by Crippen LogP contribution is 2.15. The Labute approximate surface area is 143 Å². The lowest BCUT2D eigenvalue weighted by atomic mass is 10.2. The second kappa shape index (κ2) is 8.33. The third kappa shape index (κ3) is 5.41. The van der Waals surface area contributed by atoms with Gasteiger partial charge in [-0.2, -0.15) is 0 Å². The van der Waals surface area contributed by atoms with Crippen LogP contribution in [0, 0.1) is 0 Å². The summed E-state index contributed by atoms with van der Waals surface area (Å²) in [6.07, 6.45) is 0. The van der Waals surface area contributed by atoms with Crippen molar-refractivity contribution in [3.8, 4) is 0 Å².